The van der Waals surface area contributed by atoms with Gasteiger partial charge in [-0.25, -0.2) is 9.97 Å². The molecular weight excluding hydrogens is 216 g/mol. The molecule has 1 aromatic rings. The molecule has 92 valence electrons. The summed E-state index contributed by atoms with van der Waals surface area (Å²) in [6.07, 6.45) is 2.98. The molecule has 0 bridgehead atoms. The van der Waals surface area contributed by atoms with Crippen molar-refractivity contribution in [1.29, 1.82) is 0 Å². The zero-order valence-electron chi connectivity index (χ0n) is 10.1. The van der Waals surface area contributed by atoms with Crippen LogP contribution in [-0.4, -0.2) is 48.2 Å². The van der Waals surface area contributed by atoms with Crippen molar-refractivity contribution >= 4 is 0 Å². The van der Waals surface area contributed by atoms with Crippen LogP contribution in [0, 0.1) is 0 Å². The number of nitrogens with one attached hydrogen (secondary N) is 1. The average molecular weight is 234 g/mol. The molecule has 0 saturated carbocycles. The Bertz CT molecular complexity index is 409. The summed E-state index contributed by atoms with van der Waals surface area (Å²) in [4.78, 5) is 11.4. The molecule has 5 nitrogen and oxygen atoms in total. The molecule has 3 heterocycles. The first-order valence-electron chi connectivity index (χ1n) is 6.18. The highest BCUT2D eigenvalue weighted by Gasteiger charge is 2.23. The van der Waals surface area contributed by atoms with Crippen LogP contribution in [-0.2, 0) is 17.7 Å². The number of fused-ring (bicyclic) bond motifs is 1. The van der Waals surface area contributed by atoms with E-state index < -0.39 is 0 Å². The minimum absolute atomic E-state index is 0.0361. The Kier molecular flexibility index (Phi) is 3.05. The third-order valence-electron chi connectivity index (χ3n) is 3.38. The predicted molar refractivity (Wildman–Crippen MR) is 63.6 cm³/mol. The SMILES string of the molecule is CN1CCOC(c2ncc3c(n2)CCNC3)C1. The first-order chi connectivity index (χ1) is 8.33. The molecule has 1 fully saturated rings. The van der Waals surface area contributed by atoms with Crippen molar-refractivity contribution in [1.82, 2.24) is 20.2 Å². The molecule has 0 aliphatic carbocycles. The van der Waals surface area contributed by atoms with Gasteiger partial charge in [-0.2, -0.15) is 0 Å². The molecule has 2 aliphatic heterocycles. The van der Waals surface area contributed by atoms with Crippen molar-refractivity contribution < 1.29 is 4.74 Å². The highest BCUT2D eigenvalue weighted by Crippen LogP contribution is 2.20. The van der Waals surface area contributed by atoms with Crippen LogP contribution in [0.5, 0.6) is 0 Å². The van der Waals surface area contributed by atoms with Crippen molar-refractivity contribution in [3.63, 3.8) is 0 Å². The minimum Gasteiger partial charge on any atom is -0.368 e. The first-order valence-corrected chi connectivity index (χ1v) is 6.18. The van der Waals surface area contributed by atoms with E-state index in [0.29, 0.717) is 0 Å². The van der Waals surface area contributed by atoms with Gasteiger partial charge in [0.05, 0.1) is 6.61 Å². The fourth-order valence-electron chi connectivity index (χ4n) is 2.34. The number of rotatable bonds is 1. The maximum absolute atomic E-state index is 5.74. The Hall–Kier alpha value is -1.04. The molecule has 1 atom stereocenters. The number of hydrogen-bond acceptors (Lipinski definition) is 5. The van der Waals surface area contributed by atoms with Crippen LogP contribution in [0.15, 0.2) is 6.20 Å². The lowest BCUT2D eigenvalue weighted by Crippen LogP contribution is -2.36. The lowest BCUT2D eigenvalue weighted by atomic mass is 10.1. The summed E-state index contributed by atoms with van der Waals surface area (Å²) in [5.74, 6) is 0.845. The summed E-state index contributed by atoms with van der Waals surface area (Å²) in [6.45, 7) is 4.54. The summed E-state index contributed by atoms with van der Waals surface area (Å²) in [7, 11) is 2.11. The molecule has 2 aliphatic rings. The van der Waals surface area contributed by atoms with Gasteiger partial charge in [-0.1, -0.05) is 0 Å². The van der Waals surface area contributed by atoms with Crippen LogP contribution in [0.4, 0.5) is 0 Å². The van der Waals surface area contributed by atoms with E-state index in [1.807, 2.05) is 6.20 Å². The number of likely N-dealkylation sites (N-methyl/N-ethyl adjacent to an activating group) is 1. The highest BCUT2D eigenvalue weighted by atomic mass is 16.5. The summed E-state index contributed by atoms with van der Waals surface area (Å²) < 4.78 is 5.74. The maximum atomic E-state index is 5.74. The Morgan fingerprint density at radius 2 is 2.47 bits per heavy atom. The van der Waals surface area contributed by atoms with E-state index >= 15 is 0 Å². The van der Waals surface area contributed by atoms with Crippen LogP contribution in [0.25, 0.3) is 0 Å². The monoisotopic (exact) mass is 234 g/mol. The van der Waals surface area contributed by atoms with Gasteiger partial charge in [0.25, 0.3) is 0 Å². The molecule has 5 heteroatoms. The Morgan fingerprint density at radius 1 is 1.53 bits per heavy atom. The normalized spacial score (nSPS) is 25.6. The summed E-state index contributed by atoms with van der Waals surface area (Å²) in [5.41, 5.74) is 2.41. The van der Waals surface area contributed by atoms with Crippen LogP contribution in [0.3, 0.4) is 0 Å². The number of ether oxygens (including phenoxy) is 1. The van der Waals surface area contributed by atoms with Crippen molar-refractivity contribution in [3.05, 3.63) is 23.3 Å². The van der Waals surface area contributed by atoms with Crippen LogP contribution in [0.1, 0.15) is 23.2 Å². The van der Waals surface area contributed by atoms with Gasteiger partial charge in [0, 0.05) is 50.1 Å². The molecule has 0 amide bonds. The second-order valence-corrected chi connectivity index (χ2v) is 4.75. The molecule has 0 aromatic carbocycles. The van der Waals surface area contributed by atoms with Crippen molar-refractivity contribution in [2.75, 3.05) is 33.3 Å². The van der Waals surface area contributed by atoms with Gasteiger partial charge >= 0.3 is 0 Å². The van der Waals surface area contributed by atoms with E-state index in [-0.39, 0.29) is 6.10 Å². The molecule has 1 unspecified atom stereocenters. The van der Waals surface area contributed by atoms with Crippen molar-refractivity contribution in [2.45, 2.75) is 19.1 Å². The summed E-state index contributed by atoms with van der Waals surface area (Å²) in [5, 5.41) is 3.33. The molecule has 0 spiro atoms. The van der Waals surface area contributed by atoms with E-state index in [1.54, 1.807) is 0 Å². The number of aromatic nitrogens is 2. The van der Waals surface area contributed by atoms with Gasteiger partial charge in [0.2, 0.25) is 0 Å². The molecule has 17 heavy (non-hydrogen) atoms. The third-order valence-corrected chi connectivity index (χ3v) is 3.38. The lowest BCUT2D eigenvalue weighted by molar-refractivity contribution is -0.0256. The fraction of sp³-hybridized carbons (Fsp3) is 0.667. The zero-order valence-corrected chi connectivity index (χ0v) is 10.1. The van der Waals surface area contributed by atoms with Gasteiger partial charge in [-0.05, 0) is 7.05 Å². The Morgan fingerprint density at radius 3 is 3.35 bits per heavy atom. The van der Waals surface area contributed by atoms with E-state index in [0.717, 1.165) is 45.0 Å². The second-order valence-electron chi connectivity index (χ2n) is 4.75. The molecule has 3 rings (SSSR count). The minimum atomic E-state index is 0.0361. The Labute approximate surface area is 101 Å². The van der Waals surface area contributed by atoms with E-state index in [4.69, 9.17) is 4.74 Å². The molecule has 1 aromatic heterocycles. The molecular formula is C12H18N4O. The summed E-state index contributed by atoms with van der Waals surface area (Å²) in [6, 6.07) is 0. The van der Waals surface area contributed by atoms with E-state index in [2.05, 4.69) is 27.2 Å². The summed E-state index contributed by atoms with van der Waals surface area (Å²) >= 11 is 0. The zero-order chi connectivity index (χ0) is 11.7. The quantitative estimate of drug-likeness (QED) is 0.748. The van der Waals surface area contributed by atoms with Crippen LogP contribution < -0.4 is 5.32 Å². The number of hydrogen-bond donors (Lipinski definition) is 1. The van der Waals surface area contributed by atoms with Crippen molar-refractivity contribution in [2.24, 2.45) is 0 Å². The Balaban J connectivity index is 1.83. The first kappa shape index (κ1) is 11.1. The number of morpholine rings is 1. The van der Waals surface area contributed by atoms with Gasteiger partial charge in [0.15, 0.2) is 5.82 Å². The molecule has 0 radical (unpaired) electrons. The third kappa shape index (κ3) is 2.31. The average Bonchev–Trinajstić information content (AvgIpc) is 2.38. The largest absolute Gasteiger partial charge is 0.368 e. The van der Waals surface area contributed by atoms with Gasteiger partial charge < -0.3 is 15.0 Å². The smallest absolute Gasteiger partial charge is 0.158 e. The predicted octanol–water partition coefficient (Wildman–Crippen LogP) is 0.125. The topological polar surface area (TPSA) is 50.3 Å². The van der Waals surface area contributed by atoms with E-state index in [1.165, 1.54) is 11.3 Å². The van der Waals surface area contributed by atoms with Crippen LogP contribution in [0.2, 0.25) is 0 Å². The van der Waals surface area contributed by atoms with Crippen molar-refractivity contribution in [3.8, 4) is 0 Å². The standard InChI is InChI=1S/C12H18N4O/c1-16-4-5-17-11(8-16)12-14-7-9-6-13-3-2-10(9)15-12/h7,11,13H,2-6,8H2,1H3. The molecule has 1 saturated heterocycles. The maximum Gasteiger partial charge on any atom is 0.158 e. The molecule has 1 N–H and O–H groups in total. The van der Waals surface area contributed by atoms with Gasteiger partial charge in [0.1, 0.15) is 6.10 Å². The van der Waals surface area contributed by atoms with Crippen LogP contribution >= 0.6 is 0 Å². The number of nitrogens with zero attached hydrogens (tertiary/aromatic N) is 3. The van der Waals surface area contributed by atoms with E-state index in [9.17, 15) is 0 Å². The lowest BCUT2D eigenvalue weighted by Gasteiger charge is -2.29. The van der Waals surface area contributed by atoms with Gasteiger partial charge in [-0.3, -0.25) is 0 Å². The van der Waals surface area contributed by atoms with Gasteiger partial charge in [-0.15, -0.1) is 0 Å². The fourth-order valence-corrected chi connectivity index (χ4v) is 2.34. The second kappa shape index (κ2) is 4.68. The highest BCUT2D eigenvalue weighted by molar-refractivity contribution is 5.20.